The standard InChI is InChI=1S/C19H33NO/c1-14(2)11-16(5)20(6)13-19(21)18-9-7-17(8-10-18)12-15(3)4/h7-10,14-16,19,21H,11-13H2,1-6H3. The molecule has 0 aliphatic carbocycles. The minimum absolute atomic E-state index is 0.405. The highest BCUT2D eigenvalue weighted by molar-refractivity contribution is 5.24. The van der Waals surface area contributed by atoms with Gasteiger partial charge < -0.3 is 10.0 Å². The lowest BCUT2D eigenvalue weighted by Crippen LogP contribution is -2.33. The normalized spacial score (nSPS) is 15.0. The van der Waals surface area contributed by atoms with Crippen LogP contribution in [-0.2, 0) is 6.42 Å². The van der Waals surface area contributed by atoms with Crippen LogP contribution in [0.2, 0.25) is 0 Å². The summed E-state index contributed by atoms with van der Waals surface area (Å²) in [7, 11) is 2.10. The zero-order valence-electron chi connectivity index (χ0n) is 14.6. The van der Waals surface area contributed by atoms with E-state index in [2.05, 4.69) is 70.8 Å². The smallest absolute Gasteiger partial charge is 0.0916 e. The summed E-state index contributed by atoms with van der Waals surface area (Å²) in [5.74, 6) is 1.36. The van der Waals surface area contributed by atoms with Gasteiger partial charge in [0.2, 0.25) is 0 Å². The minimum atomic E-state index is -0.405. The van der Waals surface area contributed by atoms with E-state index in [9.17, 15) is 5.11 Å². The molecule has 2 atom stereocenters. The first-order valence-corrected chi connectivity index (χ1v) is 8.26. The number of rotatable bonds is 8. The molecule has 0 aliphatic rings. The average Bonchev–Trinajstić information content (AvgIpc) is 2.37. The topological polar surface area (TPSA) is 23.5 Å². The maximum absolute atomic E-state index is 10.4. The van der Waals surface area contributed by atoms with Crippen LogP contribution in [0, 0.1) is 11.8 Å². The number of likely N-dealkylation sites (N-methyl/N-ethyl adjacent to an activating group) is 1. The molecule has 2 unspecified atom stereocenters. The van der Waals surface area contributed by atoms with Crippen molar-refractivity contribution >= 4 is 0 Å². The number of hydrogen-bond acceptors (Lipinski definition) is 2. The monoisotopic (exact) mass is 291 g/mol. The molecule has 0 spiro atoms. The summed E-state index contributed by atoms with van der Waals surface area (Å²) in [6.07, 6.45) is 1.86. The summed E-state index contributed by atoms with van der Waals surface area (Å²) in [6, 6.07) is 8.94. The number of nitrogens with zero attached hydrogens (tertiary/aromatic N) is 1. The summed E-state index contributed by atoms with van der Waals surface area (Å²) in [5.41, 5.74) is 2.37. The van der Waals surface area contributed by atoms with Gasteiger partial charge in [0.05, 0.1) is 6.10 Å². The third-order valence-electron chi connectivity index (χ3n) is 4.03. The van der Waals surface area contributed by atoms with Crippen LogP contribution in [0.25, 0.3) is 0 Å². The van der Waals surface area contributed by atoms with Gasteiger partial charge in [-0.1, -0.05) is 52.0 Å². The molecule has 0 aromatic heterocycles. The Morgan fingerprint density at radius 3 is 2.00 bits per heavy atom. The van der Waals surface area contributed by atoms with Crippen LogP contribution in [0.4, 0.5) is 0 Å². The quantitative estimate of drug-likeness (QED) is 0.772. The zero-order chi connectivity index (χ0) is 16.0. The van der Waals surface area contributed by atoms with E-state index in [1.807, 2.05) is 0 Å². The van der Waals surface area contributed by atoms with Crippen LogP contribution in [0.15, 0.2) is 24.3 Å². The largest absolute Gasteiger partial charge is 0.387 e. The van der Waals surface area contributed by atoms with Crippen molar-refractivity contribution in [3.8, 4) is 0 Å². The van der Waals surface area contributed by atoms with Gasteiger partial charge in [-0.2, -0.15) is 0 Å². The van der Waals surface area contributed by atoms with Crippen LogP contribution in [0.5, 0.6) is 0 Å². The molecule has 0 saturated heterocycles. The molecule has 1 aromatic carbocycles. The Labute approximate surface area is 131 Å². The van der Waals surface area contributed by atoms with Gasteiger partial charge in [0.1, 0.15) is 0 Å². The van der Waals surface area contributed by atoms with Crippen LogP contribution in [0.1, 0.15) is 58.3 Å². The van der Waals surface area contributed by atoms with Crippen molar-refractivity contribution in [1.82, 2.24) is 4.90 Å². The van der Waals surface area contributed by atoms with E-state index in [-0.39, 0.29) is 0 Å². The molecule has 0 amide bonds. The van der Waals surface area contributed by atoms with Gasteiger partial charge in [-0.25, -0.2) is 0 Å². The van der Waals surface area contributed by atoms with Crippen molar-refractivity contribution in [3.05, 3.63) is 35.4 Å². The van der Waals surface area contributed by atoms with Gasteiger partial charge in [-0.3, -0.25) is 0 Å². The lowest BCUT2D eigenvalue weighted by molar-refractivity contribution is 0.102. The van der Waals surface area contributed by atoms with Crippen LogP contribution >= 0.6 is 0 Å². The molecule has 1 rings (SSSR count). The van der Waals surface area contributed by atoms with E-state index >= 15 is 0 Å². The maximum atomic E-state index is 10.4. The highest BCUT2D eigenvalue weighted by Crippen LogP contribution is 2.18. The van der Waals surface area contributed by atoms with E-state index in [0.29, 0.717) is 24.4 Å². The SMILES string of the molecule is CC(C)Cc1ccc(C(O)CN(C)C(C)CC(C)C)cc1. The van der Waals surface area contributed by atoms with Crippen LogP contribution < -0.4 is 0 Å². The summed E-state index contributed by atoms with van der Waals surface area (Å²) < 4.78 is 0. The molecule has 0 radical (unpaired) electrons. The van der Waals surface area contributed by atoms with E-state index in [1.54, 1.807) is 0 Å². The lowest BCUT2D eigenvalue weighted by Gasteiger charge is -2.28. The fourth-order valence-corrected chi connectivity index (χ4v) is 2.77. The summed E-state index contributed by atoms with van der Waals surface area (Å²) in [5, 5.41) is 10.4. The van der Waals surface area contributed by atoms with Gasteiger partial charge in [-0.15, -0.1) is 0 Å². The second-order valence-electron chi connectivity index (χ2n) is 7.27. The fourth-order valence-electron chi connectivity index (χ4n) is 2.77. The average molecular weight is 291 g/mol. The lowest BCUT2D eigenvalue weighted by atomic mass is 9.99. The molecule has 21 heavy (non-hydrogen) atoms. The number of aliphatic hydroxyl groups excluding tert-OH is 1. The minimum Gasteiger partial charge on any atom is -0.387 e. The fraction of sp³-hybridized carbons (Fsp3) is 0.684. The molecule has 0 heterocycles. The molecule has 2 heteroatoms. The van der Waals surface area contributed by atoms with Crippen molar-refractivity contribution < 1.29 is 5.11 Å². The van der Waals surface area contributed by atoms with Gasteiger partial charge in [-0.05, 0) is 49.8 Å². The molecular formula is C19H33NO. The van der Waals surface area contributed by atoms with E-state index in [4.69, 9.17) is 0 Å². The highest BCUT2D eigenvalue weighted by atomic mass is 16.3. The Morgan fingerprint density at radius 1 is 0.952 bits per heavy atom. The van der Waals surface area contributed by atoms with Gasteiger partial charge in [0, 0.05) is 12.6 Å². The molecule has 120 valence electrons. The maximum Gasteiger partial charge on any atom is 0.0916 e. The first-order chi connectivity index (χ1) is 9.79. The number of aliphatic hydroxyl groups is 1. The summed E-state index contributed by atoms with van der Waals surface area (Å²) in [4.78, 5) is 2.26. The molecule has 0 saturated carbocycles. The zero-order valence-corrected chi connectivity index (χ0v) is 14.6. The van der Waals surface area contributed by atoms with E-state index in [1.165, 1.54) is 5.56 Å². The van der Waals surface area contributed by atoms with E-state index in [0.717, 1.165) is 18.4 Å². The van der Waals surface area contributed by atoms with Crippen molar-refractivity contribution in [3.63, 3.8) is 0 Å². The van der Waals surface area contributed by atoms with Gasteiger partial charge in [0.15, 0.2) is 0 Å². The van der Waals surface area contributed by atoms with E-state index < -0.39 is 6.10 Å². The Balaban J connectivity index is 2.56. The van der Waals surface area contributed by atoms with Crippen molar-refractivity contribution in [2.75, 3.05) is 13.6 Å². The third-order valence-corrected chi connectivity index (χ3v) is 4.03. The molecule has 1 N–H and O–H groups in total. The molecular weight excluding hydrogens is 258 g/mol. The first-order valence-electron chi connectivity index (χ1n) is 8.26. The van der Waals surface area contributed by atoms with Crippen LogP contribution in [0.3, 0.4) is 0 Å². The highest BCUT2D eigenvalue weighted by Gasteiger charge is 2.16. The van der Waals surface area contributed by atoms with Crippen molar-refractivity contribution in [2.45, 2.75) is 59.6 Å². The summed E-state index contributed by atoms with van der Waals surface area (Å²) in [6.45, 7) is 11.9. The van der Waals surface area contributed by atoms with Crippen molar-refractivity contribution in [1.29, 1.82) is 0 Å². The third kappa shape index (κ3) is 6.62. The Kier molecular flexibility index (Phi) is 7.41. The molecule has 0 aliphatic heterocycles. The van der Waals surface area contributed by atoms with Gasteiger partial charge in [0.25, 0.3) is 0 Å². The number of hydrogen-bond donors (Lipinski definition) is 1. The predicted molar refractivity (Wildman–Crippen MR) is 91.5 cm³/mol. The first kappa shape index (κ1) is 18.2. The Hall–Kier alpha value is -0.860. The second kappa shape index (κ2) is 8.55. The number of benzene rings is 1. The van der Waals surface area contributed by atoms with Crippen molar-refractivity contribution in [2.24, 2.45) is 11.8 Å². The molecule has 0 fully saturated rings. The van der Waals surface area contributed by atoms with Crippen LogP contribution in [-0.4, -0.2) is 29.6 Å². The second-order valence-corrected chi connectivity index (χ2v) is 7.27. The Morgan fingerprint density at radius 2 is 1.52 bits per heavy atom. The molecule has 0 bridgehead atoms. The molecule has 2 nitrogen and oxygen atoms in total. The Bertz CT molecular complexity index is 397. The molecule has 1 aromatic rings. The van der Waals surface area contributed by atoms with Gasteiger partial charge >= 0.3 is 0 Å². The summed E-state index contributed by atoms with van der Waals surface area (Å²) >= 11 is 0. The predicted octanol–water partition coefficient (Wildman–Crippen LogP) is 4.28.